The molecule has 1 saturated carbocycles. The summed E-state index contributed by atoms with van der Waals surface area (Å²) in [5, 5.41) is 12.3. The first-order chi connectivity index (χ1) is 9.88. The Morgan fingerprint density at radius 3 is 2.76 bits per heavy atom. The third-order valence-corrected chi connectivity index (χ3v) is 4.70. The summed E-state index contributed by atoms with van der Waals surface area (Å²) in [6, 6.07) is 6.40. The monoisotopic (exact) mass is 312 g/mol. The van der Waals surface area contributed by atoms with E-state index in [0.29, 0.717) is 5.56 Å². The quantitative estimate of drug-likeness (QED) is 0.690. The van der Waals surface area contributed by atoms with Gasteiger partial charge < -0.3 is 10.4 Å². The molecule has 0 aromatic heterocycles. The fraction of sp³-hybridized carbons (Fsp3) is 0.500. The van der Waals surface area contributed by atoms with Crippen molar-refractivity contribution in [2.24, 2.45) is 0 Å². The van der Waals surface area contributed by atoms with Gasteiger partial charge in [0.15, 0.2) is 0 Å². The molecule has 7 heteroatoms. The number of hydrogen-bond acceptors (Lipinski definition) is 4. The number of amides is 1. The van der Waals surface area contributed by atoms with E-state index in [9.17, 15) is 18.3 Å². The minimum absolute atomic E-state index is 0.0554. The molecule has 116 valence electrons. The van der Waals surface area contributed by atoms with Gasteiger partial charge in [-0.3, -0.25) is 4.79 Å². The van der Waals surface area contributed by atoms with Gasteiger partial charge in [0, 0.05) is 19.0 Å². The third kappa shape index (κ3) is 4.80. The summed E-state index contributed by atoms with van der Waals surface area (Å²) < 4.78 is 26.6. The van der Waals surface area contributed by atoms with E-state index in [4.69, 9.17) is 0 Å². The standard InChI is InChI=1S/C14H20N2O4S/c1-10(17)11-3-2-4-13(9-11)21(19,20)15-8-7-14(18)16-12-5-6-12/h2-4,9-10,12,15,17H,5-8H2,1H3,(H,16,18). The van der Waals surface area contributed by atoms with Crippen LogP contribution in [-0.2, 0) is 14.8 Å². The van der Waals surface area contributed by atoms with E-state index in [1.165, 1.54) is 12.1 Å². The number of carbonyl (C=O) groups is 1. The predicted octanol–water partition coefficient (Wildman–Crippen LogP) is 0.687. The van der Waals surface area contributed by atoms with Crippen LogP contribution in [0.3, 0.4) is 0 Å². The molecule has 1 aromatic rings. The number of sulfonamides is 1. The fourth-order valence-electron chi connectivity index (χ4n) is 1.85. The molecule has 0 heterocycles. The summed E-state index contributed by atoms with van der Waals surface area (Å²) in [7, 11) is -3.67. The first-order valence-electron chi connectivity index (χ1n) is 6.95. The minimum Gasteiger partial charge on any atom is -0.389 e. The van der Waals surface area contributed by atoms with E-state index in [1.807, 2.05) is 0 Å². The van der Waals surface area contributed by atoms with Crippen LogP contribution in [0.1, 0.15) is 37.9 Å². The Hall–Kier alpha value is -1.44. The lowest BCUT2D eigenvalue weighted by atomic mass is 10.1. The van der Waals surface area contributed by atoms with Crippen molar-refractivity contribution in [1.29, 1.82) is 0 Å². The molecule has 2 rings (SSSR count). The van der Waals surface area contributed by atoms with Gasteiger partial charge in [0.2, 0.25) is 15.9 Å². The van der Waals surface area contributed by atoms with E-state index in [2.05, 4.69) is 10.0 Å². The highest BCUT2D eigenvalue weighted by atomic mass is 32.2. The maximum absolute atomic E-state index is 12.1. The number of hydrogen-bond donors (Lipinski definition) is 3. The van der Waals surface area contributed by atoms with Crippen molar-refractivity contribution in [3.8, 4) is 0 Å². The summed E-state index contributed by atoms with van der Waals surface area (Å²) in [5.41, 5.74) is 0.532. The van der Waals surface area contributed by atoms with Crippen molar-refractivity contribution in [3.05, 3.63) is 29.8 Å². The van der Waals surface area contributed by atoms with Crippen molar-refractivity contribution >= 4 is 15.9 Å². The van der Waals surface area contributed by atoms with Gasteiger partial charge in [0.25, 0.3) is 0 Å². The summed E-state index contributed by atoms with van der Waals surface area (Å²) in [5.74, 6) is -0.141. The first kappa shape index (κ1) is 15.9. The molecule has 1 unspecified atom stereocenters. The number of carbonyl (C=O) groups excluding carboxylic acids is 1. The largest absolute Gasteiger partial charge is 0.389 e. The number of aliphatic hydroxyl groups is 1. The Kier molecular flexibility index (Phi) is 4.97. The van der Waals surface area contributed by atoms with Crippen LogP contribution >= 0.6 is 0 Å². The van der Waals surface area contributed by atoms with Gasteiger partial charge in [-0.1, -0.05) is 12.1 Å². The highest BCUT2D eigenvalue weighted by molar-refractivity contribution is 7.89. The van der Waals surface area contributed by atoms with Crippen molar-refractivity contribution in [2.75, 3.05) is 6.54 Å². The average Bonchev–Trinajstić information content (AvgIpc) is 3.22. The Morgan fingerprint density at radius 1 is 1.43 bits per heavy atom. The van der Waals surface area contributed by atoms with Gasteiger partial charge in [-0.15, -0.1) is 0 Å². The van der Waals surface area contributed by atoms with Crippen LogP contribution in [0.2, 0.25) is 0 Å². The summed E-state index contributed by atoms with van der Waals surface area (Å²) in [6.45, 7) is 1.63. The maximum atomic E-state index is 12.1. The van der Waals surface area contributed by atoms with Crippen LogP contribution in [-0.4, -0.2) is 32.0 Å². The lowest BCUT2D eigenvalue weighted by molar-refractivity contribution is -0.121. The van der Waals surface area contributed by atoms with E-state index in [-0.39, 0.29) is 29.8 Å². The molecule has 0 spiro atoms. The van der Waals surface area contributed by atoms with Gasteiger partial charge >= 0.3 is 0 Å². The molecule has 1 aliphatic rings. The van der Waals surface area contributed by atoms with Crippen molar-refractivity contribution in [3.63, 3.8) is 0 Å². The third-order valence-electron chi connectivity index (χ3n) is 3.24. The van der Waals surface area contributed by atoms with E-state index >= 15 is 0 Å². The zero-order chi connectivity index (χ0) is 15.5. The average molecular weight is 312 g/mol. The molecule has 1 atom stereocenters. The van der Waals surface area contributed by atoms with Gasteiger partial charge in [-0.25, -0.2) is 13.1 Å². The van der Waals surface area contributed by atoms with Gasteiger partial charge in [-0.05, 0) is 37.5 Å². The van der Waals surface area contributed by atoms with E-state index in [0.717, 1.165) is 12.8 Å². The molecular weight excluding hydrogens is 292 g/mol. The van der Waals surface area contributed by atoms with Crippen molar-refractivity contribution in [2.45, 2.75) is 43.2 Å². The first-order valence-corrected chi connectivity index (χ1v) is 8.44. The molecule has 1 amide bonds. The van der Waals surface area contributed by atoms with Crippen LogP contribution < -0.4 is 10.0 Å². The maximum Gasteiger partial charge on any atom is 0.240 e. The summed E-state index contributed by atoms with van der Waals surface area (Å²) >= 11 is 0. The Labute approximate surface area is 124 Å². The predicted molar refractivity (Wildman–Crippen MR) is 78.0 cm³/mol. The van der Waals surface area contributed by atoms with Gasteiger partial charge in [0.1, 0.15) is 0 Å². The van der Waals surface area contributed by atoms with E-state index in [1.54, 1.807) is 19.1 Å². The molecule has 6 nitrogen and oxygen atoms in total. The normalized spacial score (nSPS) is 16.5. The molecule has 3 N–H and O–H groups in total. The molecule has 0 radical (unpaired) electrons. The number of rotatable bonds is 7. The number of aliphatic hydroxyl groups excluding tert-OH is 1. The van der Waals surface area contributed by atoms with Crippen molar-refractivity contribution in [1.82, 2.24) is 10.0 Å². The van der Waals surface area contributed by atoms with Crippen LogP contribution in [0.4, 0.5) is 0 Å². The van der Waals surface area contributed by atoms with Crippen molar-refractivity contribution < 1.29 is 18.3 Å². The van der Waals surface area contributed by atoms with Crippen LogP contribution in [0, 0.1) is 0 Å². The topological polar surface area (TPSA) is 95.5 Å². The molecule has 1 aliphatic carbocycles. The summed E-state index contributed by atoms with van der Waals surface area (Å²) in [4.78, 5) is 11.6. The molecule has 21 heavy (non-hydrogen) atoms. The smallest absolute Gasteiger partial charge is 0.240 e. The highest BCUT2D eigenvalue weighted by Crippen LogP contribution is 2.19. The van der Waals surface area contributed by atoms with Crippen LogP contribution in [0.5, 0.6) is 0 Å². The Bertz CT molecular complexity index is 609. The molecule has 1 fully saturated rings. The summed E-state index contributed by atoms with van der Waals surface area (Å²) in [6.07, 6.45) is 1.39. The van der Waals surface area contributed by atoms with Gasteiger partial charge in [0.05, 0.1) is 11.0 Å². The SMILES string of the molecule is CC(O)c1cccc(S(=O)(=O)NCCC(=O)NC2CC2)c1. The molecule has 0 aliphatic heterocycles. The second kappa shape index (κ2) is 6.55. The Balaban J connectivity index is 1.91. The van der Waals surface area contributed by atoms with Gasteiger partial charge in [-0.2, -0.15) is 0 Å². The number of benzene rings is 1. The minimum atomic E-state index is -3.67. The number of nitrogens with one attached hydrogen (secondary N) is 2. The lowest BCUT2D eigenvalue weighted by Gasteiger charge is -2.10. The second-order valence-corrected chi connectivity index (χ2v) is 7.00. The van der Waals surface area contributed by atoms with E-state index < -0.39 is 16.1 Å². The molecular formula is C14H20N2O4S. The second-order valence-electron chi connectivity index (χ2n) is 5.24. The molecule has 0 saturated heterocycles. The molecule has 1 aromatic carbocycles. The fourth-order valence-corrected chi connectivity index (χ4v) is 2.94. The van der Waals surface area contributed by atoms with Crippen LogP contribution in [0.25, 0.3) is 0 Å². The van der Waals surface area contributed by atoms with Crippen LogP contribution in [0.15, 0.2) is 29.2 Å². The zero-order valence-electron chi connectivity index (χ0n) is 11.9. The zero-order valence-corrected chi connectivity index (χ0v) is 12.7. The lowest BCUT2D eigenvalue weighted by Crippen LogP contribution is -2.31. The Morgan fingerprint density at radius 2 is 2.14 bits per heavy atom. The highest BCUT2D eigenvalue weighted by Gasteiger charge is 2.23. The molecule has 0 bridgehead atoms.